The number of aromatic nitrogens is 3. The summed E-state index contributed by atoms with van der Waals surface area (Å²) in [5.74, 6) is 0.933. The second-order valence-corrected chi connectivity index (χ2v) is 7.03. The molecule has 1 saturated carbocycles. The quantitative estimate of drug-likeness (QED) is 0.672. The summed E-state index contributed by atoms with van der Waals surface area (Å²) in [5.41, 5.74) is 1.78. The van der Waals surface area contributed by atoms with Gasteiger partial charge in [-0.05, 0) is 44.2 Å². The zero-order valence-electron chi connectivity index (χ0n) is 15.9. The van der Waals surface area contributed by atoms with E-state index in [0.717, 1.165) is 25.7 Å². The molecule has 1 atom stereocenters. The topological polar surface area (TPSA) is 107 Å². The first-order valence-electron chi connectivity index (χ1n) is 9.65. The molecule has 0 aromatic carbocycles. The Kier molecular flexibility index (Phi) is 6.71. The number of nitrogens with zero attached hydrogens (tertiary/aromatic N) is 4. The van der Waals surface area contributed by atoms with Gasteiger partial charge < -0.3 is 15.7 Å². The normalized spacial score (nSPS) is 20.2. The molecule has 148 valence electrons. The van der Waals surface area contributed by atoms with Gasteiger partial charge in [-0.3, -0.25) is 4.98 Å². The molecule has 0 amide bonds. The molecule has 7 nitrogen and oxygen atoms in total. The van der Waals surface area contributed by atoms with Gasteiger partial charge in [-0.15, -0.1) is 0 Å². The van der Waals surface area contributed by atoms with E-state index in [9.17, 15) is 9.50 Å². The molecule has 28 heavy (non-hydrogen) atoms. The Morgan fingerprint density at radius 2 is 2.11 bits per heavy atom. The van der Waals surface area contributed by atoms with Gasteiger partial charge in [-0.1, -0.05) is 6.92 Å². The summed E-state index contributed by atoms with van der Waals surface area (Å²) in [6, 6.07) is 5.62. The average molecular weight is 384 g/mol. The third-order valence-electron chi connectivity index (χ3n) is 4.92. The van der Waals surface area contributed by atoms with Crippen LogP contribution in [0.4, 0.5) is 16.2 Å². The van der Waals surface area contributed by atoms with Crippen LogP contribution in [0.2, 0.25) is 0 Å². The molecule has 2 aromatic rings. The Hall–Kier alpha value is -2.79. The van der Waals surface area contributed by atoms with Crippen LogP contribution < -0.4 is 10.6 Å². The van der Waals surface area contributed by atoms with Crippen molar-refractivity contribution in [1.29, 1.82) is 5.26 Å². The van der Waals surface area contributed by atoms with Crippen molar-refractivity contribution >= 4 is 11.8 Å². The minimum absolute atomic E-state index is 0.146. The van der Waals surface area contributed by atoms with Gasteiger partial charge >= 0.3 is 0 Å². The third kappa shape index (κ3) is 5.14. The molecule has 0 spiro atoms. The summed E-state index contributed by atoms with van der Waals surface area (Å²) in [6.07, 6.45) is 5.58. The Balaban J connectivity index is 1.87. The van der Waals surface area contributed by atoms with Gasteiger partial charge in [0, 0.05) is 25.0 Å². The summed E-state index contributed by atoms with van der Waals surface area (Å²) in [6.45, 7) is 1.93. The van der Waals surface area contributed by atoms with Crippen molar-refractivity contribution in [2.45, 2.75) is 57.3 Å². The van der Waals surface area contributed by atoms with E-state index in [-0.39, 0.29) is 18.7 Å². The van der Waals surface area contributed by atoms with Crippen molar-refractivity contribution in [3.63, 3.8) is 0 Å². The fourth-order valence-corrected chi connectivity index (χ4v) is 3.17. The second kappa shape index (κ2) is 9.42. The van der Waals surface area contributed by atoms with Crippen LogP contribution in [0.1, 0.15) is 44.6 Å². The first-order valence-corrected chi connectivity index (χ1v) is 9.65. The van der Waals surface area contributed by atoms with Crippen LogP contribution in [0, 0.1) is 11.3 Å². The predicted octanol–water partition coefficient (Wildman–Crippen LogP) is 3.29. The number of anilines is 2. The fraction of sp³-hybridized carbons (Fsp3) is 0.500. The molecule has 2 aromatic heterocycles. The smallest absolute Gasteiger partial charge is 0.224 e. The lowest BCUT2D eigenvalue weighted by Crippen LogP contribution is -2.29. The number of pyridine rings is 1. The maximum absolute atomic E-state index is 13.6. The van der Waals surface area contributed by atoms with E-state index in [1.165, 1.54) is 0 Å². The molecule has 1 aliphatic rings. The van der Waals surface area contributed by atoms with Crippen LogP contribution in [0.3, 0.4) is 0 Å². The summed E-state index contributed by atoms with van der Waals surface area (Å²) < 4.78 is 13.6. The highest BCUT2D eigenvalue weighted by atomic mass is 19.1. The maximum atomic E-state index is 13.6. The minimum Gasteiger partial charge on any atom is -0.393 e. The monoisotopic (exact) mass is 384 g/mol. The van der Waals surface area contributed by atoms with E-state index in [2.05, 4.69) is 31.7 Å². The number of aliphatic hydroxyl groups is 1. The SMILES string of the molecule is CC[C@H](F)CNc1ncc(-c2cc(C#N)ccn2)c(NC2CCC(O)CC2)n1. The van der Waals surface area contributed by atoms with E-state index in [1.54, 1.807) is 31.5 Å². The standard InChI is InChI=1S/C20H25FN6O/c1-2-14(21)11-24-20-25-12-17(18-9-13(10-22)7-8-23-18)19(27-20)26-15-3-5-16(28)6-4-15/h7-9,12,14-16,28H,2-6,11H2,1H3,(H2,24,25,26,27)/t14-,15?,16?/m0/s1. The lowest BCUT2D eigenvalue weighted by molar-refractivity contribution is 0.126. The molecule has 1 aliphatic carbocycles. The van der Waals surface area contributed by atoms with Crippen molar-refractivity contribution < 1.29 is 9.50 Å². The molecule has 3 N–H and O–H groups in total. The molecule has 1 fully saturated rings. The molecule has 3 rings (SSSR count). The zero-order valence-corrected chi connectivity index (χ0v) is 15.9. The maximum Gasteiger partial charge on any atom is 0.224 e. The molecule has 0 aliphatic heterocycles. The van der Waals surface area contributed by atoms with Crippen LogP contribution in [-0.2, 0) is 0 Å². The largest absolute Gasteiger partial charge is 0.393 e. The summed E-state index contributed by atoms with van der Waals surface area (Å²) in [4.78, 5) is 13.2. The number of rotatable bonds is 7. The van der Waals surface area contributed by atoms with E-state index in [4.69, 9.17) is 5.26 Å². The van der Waals surface area contributed by atoms with Crippen LogP contribution >= 0.6 is 0 Å². The van der Waals surface area contributed by atoms with Crippen LogP contribution in [0.15, 0.2) is 24.5 Å². The number of aliphatic hydroxyl groups excluding tert-OH is 1. The van der Waals surface area contributed by atoms with Crippen molar-refractivity contribution in [2.75, 3.05) is 17.2 Å². The van der Waals surface area contributed by atoms with Crippen molar-refractivity contribution in [2.24, 2.45) is 0 Å². The molecule has 8 heteroatoms. The van der Waals surface area contributed by atoms with Crippen LogP contribution in [0.25, 0.3) is 11.3 Å². The summed E-state index contributed by atoms with van der Waals surface area (Å²) in [5, 5.41) is 25.3. The van der Waals surface area contributed by atoms with E-state index in [1.807, 2.05) is 0 Å². The van der Waals surface area contributed by atoms with Crippen LogP contribution in [0.5, 0.6) is 0 Å². The predicted molar refractivity (Wildman–Crippen MR) is 106 cm³/mol. The van der Waals surface area contributed by atoms with Crippen LogP contribution in [-0.4, -0.2) is 44.9 Å². The second-order valence-electron chi connectivity index (χ2n) is 7.03. The fourth-order valence-electron chi connectivity index (χ4n) is 3.17. The Morgan fingerprint density at radius 3 is 2.82 bits per heavy atom. The summed E-state index contributed by atoms with van der Waals surface area (Å²) in [7, 11) is 0. The molecule has 0 unspecified atom stereocenters. The van der Waals surface area contributed by atoms with Gasteiger partial charge in [0.1, 0.15) is 12.0 Å². The first kappa shape index (κ1) is 20.0. The van der Waals surface area contributed by atoms with Crippen molar-refractivity contribution in [1.82, 2.24) is 15.0 Å². The lowest BCUT2D eigenvalue weighted by Gasteiger charge is -2.27. The van der Waals surface area contributed by atoms with Crippen molar-refractivity contribution in [3.05, 3.63) is 30.1 Å². The Bertz CT molecular complexity index is 832. The van der Waals surface area contributed by atoms with E-state index >= 15 is 0 Å². The highest BCUT2D eigenvalue weighted by Crippen LogP contribution is 2.29. The molecule has 0 saturated heterocycles. The molecule has 0 bridgehead atoms. The highest BCUT2D eigenvalue weighted by molar-refractivity contribution is 5.73. The van der Waals surface area contributed by atoms with E-state index in [0.29, 0.717) is 35.0 Å². The van der Waals surface area contributed by atoms with Gasteiger partial charge in [0.05, 0.1) is 29.0 Å². The first-order chi connectivity index (χ1) is 13.6. The van der Waals surface area contributed by atoms with Crippen molar-refractivity contribution in [3.8, 4) is 17.3 Å². The van der Waals surface area contributed by atoms with Gasteiger partial charge in [-0.25, -0.2) is 9.37 Å². The molecule has 2 heterocycles. The third-order valence-corrected chi connectivity index (χ3v) is 4.92. The zero-order chi connectivity index (χ0) is 19.9. The van der Waals surface area contributed by atoms with Gasteiger partial charge in [0.25, 0.3) is 0 Å². The highest BCUT2D eigenvalue weighted by Gasteiger charge is 2.21. The minimum atomic E-state index is -0.964. The molecule has 0 radical (unpaired) electrons. The number of nitrogens with one attached hydrogen (secondary N) is 2. The number of nitriles is 1. The molecular formula is C20H25FN6O. The average Bonchev–Trinajstić information content (AvgIpc) is 2.73. The Labute approximate surface area is 164 Å². The Morgan fingerprint density at radius 1 is 1.32 bits per heavy atom. The number of hydrogen-bond donors (Lipinski definition) is 3. The van der Waals surface area contributed by atoms with Gasteiger partial charge in [-0.2, -0.15) is 10.2 Å². The van der Waals surface area contributed by atoms with Gasteiger partial charge in [0.2, 0.25) is 5.95 Å². The number of hydrogen-bond acceptors (Lipinski definition) is 7. The lowest BCUT2D eigenvalue weighted by atomic mass is 9.93. The summed E-state index contributed by atoms with van der Waals surface area (Å²) >= 11 is 0. The number of alkyl halides is 1. The van der Waals surface area contributed by atoms with E-state index < -0.39 is 6.17 Å². The number of halogens is 1. The van der Waals surface area contributed by atoms with Gasteiger partial charge in [0.15, 0.2) is 0 Å². The molecular weight excluding hydrogens is 359 g/mol.